The van der Waals surface area contributed by atoms with Gasteiger partial charge in [-0.25, -0.2) is 0 Å². The van der Waals surface area contributed by atoms with Crippen molar-refractivity contribution in [2.45, 2.75) is 27.2 Å². The number of rotatable bonds is 4. The molecule has 0 bridgehead atoms. The summed E-state index contributed by atoms with van der Waals surface area (Å²) in [6.45, 7) is 7.46. The number of likely N-dealkylation sites (N-methyl/N-ethyl adjacent to an activating group) is 1. The summed E-state index contributed by atoms with van der Waals surface area (Å²) in [5.74, 6) is 0. The number of nitrogens with zero attached hydrogens (tertiary/aromatic N) is 2. The second-order valence-electron chi connectivity index (χ2n) is 5.28. The minimum absolute atomic E-state index is 0.975. The highest BCUT2D eigenvalue weighted by Gasteiger charge is 2.13. The van der Waals surface area contributed by atoms with Crippen molar-refractivity contribution in [3.05, 3.63) is 40.6 Å². The van der Waals surface area contributed by atoms with Crippen LogP contribution >= 0.6 is 0 Å². The van der Waals surface area contributed by atoms with Gasteiger partial charge in [0.2, 0.25) is 0 Å². The number of aryl methyl sites for hydroxylation is 4. The fourth-order valence-corrected chi connectivity index (χ4v) is 2.42. The average Bonchev–Trinajstić information content (AvgIpc) is 2.72. The topological polar surface area (TPSA) is 29.9 Å². The third kappa shape index (κ3) is 2.87. The van der Waals surface area contributed by atoms with Crippen molar-refractivity contribution in [3.8, 4) is 11.3 Å². The molecule has 1 heterocycles. The Hall–Kier alpha value is -1.61. The van der Waals surface area contributed by atoms with E-state index in [1.807, 2.05) is 18.8 Å². The highest BCUT2D eigenvalue weighted by molar-refractivity contribution is 5.68. The Labute approximate surface area is 115 Å². The van der Waals surface area contributed by atoms with Crippen LogP contribution in [-0.2, 0) is 13.5 Å². The van der Waals surface area contributed by atoms with Crippen LogP contribution in [0.4, 0.5) is 0 Å². The van der Waals surface area contributed by atoms with Gasteiger partial charge in [-0.05, 0) is 69.1 Å². The molecule has 3 nitrogen and oxygen atoms in total. The average molecular weight is 257 g/mol. The second kappa shape index (κ2) is 5.57. The Balaban J connectivity index is 2.49. The van der Waals surface area contributed by atoms with E-state index in [-0.39, 0.29) is 0 Å². The second-order valence-corrected chi connectivity index (χ2v) is 5.28. The molecule has 2 rings (SSSR count). The van der Waals surface area contributed by atoms with Crippen LogP contribution in [0, 0.1) is 20.8 Å². The van der Waals surface area contributed by atoms with Crippen LogP contribution < -0.4 is 5.32 Å². The number of nitrogens with one attached hydrogen (secondary N) is 1. The normalized spacial score (nSPS) is 11.0. The first-order chi connectivity index (χ1) is 9.02. The van der Waals surface area contributed by atoms with Gasteiger partial charge in [-0.2, -0.15) is 5.10 Å². The summed E-state index contributed by atoms with van der Waals surface area (Å²) in [6.07, 6.45) is 3.13. The number of hydrogen-bond donors (Lipinski definition) is 1. The molecule has 0 atom stereocenters. The van der Waals surface area contributed by atoms with Gasteiger partial charge in [0, 0.05) is 18.8 Å². The smallest absolute Gasteiger partial charge is 0.0958 e. The van der Waals surface area contributed by atoms with Gasteiger partial charge in [0.05, 0.1) is 5.69 Å². The van der Waals surface area contributed by atoms with Gasteiger partial charge in [0.25, 0.3) is 0 Å². The van der Waals surface area contributed by atoms with Gasteiger partial charge in [0.1, 0.15) is 0 Å². The zero-order valence-corrected chi connectivity index (χ0v) is 12.5. The monoisotopic (exact) mass is 257 g/mol. The first kappa shape index (κ1) is 13.8. The molecule has 0 radical (unpaired) electrons. The predicted molar refractivity (Wildman–Crippen MR) is 80.5 cm³/mol. The van der Waals surface area contributed by atoms with Crippen LogP contribution in [0.15, 0.2) is 18.3 Å². The quantitative estimate of drug-likeness (QED) is 0.912. The van der Waals surface area contributed by atoms with Crippen LogP contribution in [0.5, 0.6) is 0 Å². The minimum Gasteiger partial charge on any atom is -0.319 e. The van der Waals surface area contributed by atoms with Crippen molar-refractivity contribution in [3.63, 3.8) is 0 Å². The van der Waals surface area contributed by atoms with Crippen molar-refractivity contribution >= 4 is 0 Å². The lowest BCUT2D eigenvalue weighted by Gasteiger charge is -2.09. The maximum absolute atomic E-state index is 4.65. The van der Waals surface area contributed by atoms with E-state index >= 15 is 0 Å². The van der Waals surface area contributed by atoms with Gasteiger partial charge in [-0.1, -0.05) is 6.07 Å². The van der Waals surface area contributed by atoms with Gasteiger partial charge in [-0.3, -0.25) is 4.68 Å². The van der Waals surface area contributed by atoms with Gasteiger partial charge >= 0.3 is 0 Å². The molecule has 1 aromatic heterocycles. The summed E-state index contributed by atoms with van der Waals surface area (Å²) in [5, 5.41) is 7.86. The molecule has 0 saturated heterocycles. The van der Waals surface area contributed by atoms with Crippen LogP contribution in [0.3, 0.4) is 0 Å². The maximum atomic E-state index is 4.65. The highest BCUT2D eigenvalue weighted by atomic mass is 15.3. The van der Waals surface area contributed by atoms with Crippen LogP contribution in [-0.4, -0.2) is 23.4 Å². The molecule has 0 fully saturated rings. The van der Waals surface area contributed by atoms with Crippen molar-refractivity contribution < 1.29 is 0 Å². The number of benzene rings is 1. The van der Waals surface area contributed by atoms with Crippen LogP contribution in [0.2, 0.25) is 0 Å². The Kier molecular flexibility index (Phi) is 4.05. The molecule has 0 spiro atoms. The molecule has 2 aromatic rings. The Morgan fingerprint density at radius 1 is 1.11 bits per heavy atom. The lowest BCUT2D eigenvalue weighted by Crippen LogP contribution is -2.10. The first-order valence-electron chi connectivity index (χ1n) is 6.78. The van der Waals surface area contributed by atoms with Crippen molar-refractivity contribution in [1.82, 2.24) is 15.1 Å². The summed E-state index contributed by atoms with van der Waals surface area (Å²) in [5.41, 5.74) is 7.66. The molecule has 0 aliphatic heterocycles. The molecule has 3 heteroatoms. The standard InChI is InChI=1S/C16H23N3/c1-11-8-13(3)15(9-12(11)2)16-14(6-7-17-4)10-19(5)18-16/h8-10,17H,6-7H2,1-5H3. The summed E-state index contributed by atoms with van der Waals surface area (Å²) in [4.78, 5) is 0. The molecular weight excluding hydrogens is 234 g/mol. The van der Waals surface area contributed by atoms with E-state index in [1.165, 1.54) is 27.8 Å². The van der Waals surface area contributed by atoms with Crippen LogP contribution in [0.25, 0.3) is 11.3 Å². The Morgan fingerprint density at radius 3 is 2.47 bits per heavy atom. The van der Waals surface area contributed by atoms with Gasteiger partial charge in [0.15, 0.2) is 0 Å². The molecule has 1 N–H and O–H groups in total. The summed E-state index contributed by atoms with van der Waals surface area (Å²) >= 11 is 0. The van der Waals surface area contributed by atoms with Crippen molar-refractivity contribution in [2.24, 2.45) is 7.05 Å². The molecule has 102 valence electrons. The van der Waals surface area contributed by atoms with Crippen molar-refractivity contribution in [1.29, 1.82) is 0 Å². The van der Waals surface area contributed by atoms with Gasteiger partial charge in [-0.15, -0.1) is 0 Å². The Bertz CT molecular complexity index is 582. The summed E-state index contributed by atoms with van der Waals surface area (Å²) in [6, 6.07) is 4.51. The molecule has 0 aliphatic rings. The zero-order chi connectivity index (χ0) is 14.0. The molecular formula is C16H23N3. The highest BCUT2D eigenvalue weighted by Crippen LogP contribution is 2.28. The van der Waals surface area contributed by atoms with Gasteiger partial charge < -0.3 is 5.32 Å². The molecule has 0 amide bonds. The van der Waals surface area contributed by atoms with E-state index in [0.717, 1.165) is 18.7 Å². The number of aromatic nitrogens is 2. The van der Waals surface area contributed by atoms with Crippen molar-refractivity contribution in [2.75, 3.05) is 13.6 Å². The lowest BCUT2D eigenvalue weighted by molar-refractivity contribution is 0.764. The van der Waals surface area contributed by atoms with E-state index in [9.17, 15) is 0 Å². The van der Waals surface area contributed by atoms with E-state index < -0.39 is 0 Å². The molecule has 0 saturated carbocycles. The van der Waals surface area contributed by atoms with E-state index in [4.69, 9.17) is 0 Å². The first-order valence-corrected chi connectivity index (χ1v) is 6.78. The third-order valence-corrected chi connectivity index (χ3v) is 3.64. The molecule has 1 aromatic carbocycles. The molecule has 0 unspecified atom stereocenters. The summed E-state index contributed by atoms with van der Waals surface area (Å²) in [7, 11) is 3.97. The van der Waals surface area contributed by atoms with E-state index in [2.05, 4.69) is 49.5 Å². The molecule has 19 heavy (non-hydrogen) atoms. The Morgan fingerprint density at radius 2 is 1.79 bits per heavy atom. The fourth-order valence-electron chi connectivity index (χ4n) is 2.42. The maximum Gasteiger partial charge on any atom is 0.0958 e. The lowest BCUT2D eigenvalue weighted by atomic mass is 9.96. The summed E-state index contributed by atoms with van der Waals surface area (Å²) < 4.78 is 1.91. The largest absolute Gasteiger partial charge is 0.319 e. The SMILES string of the molecule is CNCCc1cn(C)nc1-c1cc(C)c(C)cc1C. The fraction of sp³-hybridized carbons (Fsp3) is 0.438. The number of hydrogen-bond acceptors (Lipinski definition) is 2. The van der Waals surface area contributed by atoms with E-state index in [1.54, 1.807) is 0 Å². The minimum atomic E-state index is 0.975. The van der Waals surface area contributed by atoms with E-state index in [0.29, 0.717) is 0 Å². The zero-order valence-electron chi connectivity index (χ0n) is 12.5. The predicted octanol–water partition coefficient (Wildman–Crippen LogP) is 2.77. The third-order valence-electron chi connectivity index (χ3n) is 3.64. The van der Waals surface area contributed by atoms with Crippen LogP contribution in [0.1, 0.15) is 22.3 Å². The molecule has 0 aliphatic carbocycles.